The first-order chi connectivity index (χ1) is 22.2. The van der Waals surface area contributed by atoms with E-state index in [0.29, 0.717) is 32.4 Å². The van der Waals surface area contributed by atoms with Crippen LogP contribution in [-0.4, -0.2) is 134 Å². The number of piperazine rings is 1. The lowest BCUT2D eigenvalue weighted by Crippen LogP contribution is -2.56. The van der Waals surface area contributed by atoms with Crippen LogP contribution in [-0.2, 0) is 14.3 Å². The predicted molar refractivity (Wildman–Crippen MR) is 175 cm³/mol. The van der Waals surface area contributed by atoms with E-state index in [1.165, 1.54) is 35.9 Å². The molecule has 0 unspecified atom stereocenters. The highest BCUT2D eigenvalue weighted by atomic mass is 19.1. The summed E-state index contributed by atoms with van der Waals surface area (Å²) in [6, 6.07) is 15.7. The molecule has 0 spiro atoms. The van der Waals surface area contributed by atoms with E-state index in [1.807, 2.05) is 23.1 Å². The molecule has 2 aliphatic rings. The number of hydrogen-bond acceptors (Lipinski definition) is 8. The molecule has 254 valence electrons. The average molecular weight is 643 g/mol. The van der Waals surface area contributed by atoms with Crippen molar-refractivity contribution in [2.24, 2.45) is 5.92 Å². The van der Waals surface area contributed by atoms with E-state index in [2.05, 4.69) is 35.8 Å². The molecule has 0 bridgehead atoms. The second-order valence-electron chi connectivity index (χ2n) is 12.8. The molecule has 2 aliphatic heterocycles. The van der Waals surface area contributed by atoms with E-state index in [-0.39, 0.29) is 49.7 Å². The summed E-state index contributed by atoms with van der Waals surface area (Å²) in [6.45, 7) is 8.33. The Morgan fingerprint density at radius 2 is 1.65 bits per heavy atom. The molecule has 4 atom stereocenters. The summed E-state index contributed by atoms with van der Waals surface area (Å²) in [5, 5.41) is 21.6. The van der Waals surface area contributed by atoms with Gasteiger partial charge in [-0.3, -0.25) is 14.5 Å². The van der Waals surface area contributed by atoms with Crippen LogP contribution < -0.4 is 4.90 Å². The van der Waals surface area contributed by atoms with Crippen LogP contribution in [0.25, 0.3) is 0 Å². The predicted octanol–water partition coefficient (Wildman–Crippen LogP) is 2.88. The Morgan fingerprint density at radius 3 is 2.33 bits per heavy atom. The summed E-state index contributed by atoms with van der Waals surface area (Å²) in [4.78, 5) is 35.9. The lowest BCUT2D eigenvalue weighted by atomic mass is 9.99. The molecule has 0 aliphatic carbocycles. The van der Waals surface area contributed by atoms with Gasteiger partial charge in [-0.1, -0.05) is 44.2 Å². The van der Waals surface area contributed by atoms with Crippen molar-refractivity contribution in [2.45, 2.75) is 57.5 Å². The lowest BCUT2D eigenvalue weighted by molar-refractivity contribution is -0.136. The molecule has 4 rings (SSSR count). The Labute approximate surface area is 272 Å². The van der Waals surface area contributed by atoms with Crippen LogP contribution in [0.1, 0.15) is 43.5 Å². The standard InChI is InChI=1S/C35H51FN4O6/c1-26(2)21-28-22-39(35(44)29-13-7-8-14-30(29)36)23-32(45-3)34(43)31(41)25-46-20-10-9-15-40(28)33(42)24-37-16-18-38(19-17-37)27-11-5-4-6-12-27/h4-8,11-14,26,28,31-32,34,41,43H,9-10,15-25H2,1-3H3/t28-,31-,32-,34-/m1/s1. The number of carbonyl (C=O) groups excluding carboxylic acids is 2. The first-order valence-corrected chi connectivity index (χ1v) is 16.5. The van der Waals surface area contributed by atoms with Gasteiger partial charge in [0.1, 0.15) is 24.1 Å². The van der Waals surface area contributed by atoms with E-state index in [9.17, 15) is 24.2 Å². The molecule has 0 saturated carbocycles. The second kappa shape index (κ2) is 17.7. The van der Waals surface area contributed by atoms with Crippen molar-refractivity contribution in [3.05, 3.63) is 66.0 Å². The minimum absolute atomic E-state index is 0.0103. The molecular weight excluding hydrogens is 591 g/mol. The smallest absolute Gasteiger partial charge is 0.256 e. The number of methoxy groups -OCH3 is 1. The average Bonchev–Trinajstić information content (AvgIpc) is 3.05. The van der Waals surface area contributed by atoms with Crippen molar-refractivity contribution < 1.29 is 33.7 Å². The number of ether oxygens (including phenoxy) is 2. The molecule has 2 aromatic rings. The summed E-state index contributed by atoms with van der Waals surface area (Å²) in [7, 11) is 1.40. The van der Waals surface area contributed by atoms with Gasteiger partial charge in [-0.15, -0.1) is 0 Å². The molecule has 10 nitrogen and oxygen atoms in total. The Bertz CT molecular complexity index is 1230. The third kappa shape index (κ3) is 9.95. The number of nitrogens with zero attached hydrogens (tertiary/aromatic N) is 4. The number of aliphatic hydroxyl groups excluding tert-OH is 2. The number of amides is 2. The van der Waals surface area contributed by atoms with Crippen molar-refractivity contribution in [3.63, 3.8) is 0 Å². The van der Waals surface area contributed by atoms with Crippen LogP contribution in [0.15, 0.2) is 54.6 Å². The van der Waals surface area contributed by atoms with Gasteiger partial charge in [-0.2, -0.15) is 0 Å². The van der Waals surface area contributed by atoms with E-state index >= 15 is 0 Å². The van der Waals surface area contributed by atoms with Gasteiger partial charge >= 0.3 is 0 Å². The third-order valence-corrected chi connectivity index (χ3v) is 8.88. The van der Waals surface area contributed by atoms with E-state index in [1.54, 1.807) is 6.07 Å². The van der Waals surface area contributed by atoms with Crippen LogP contribution in [0.5, 0.6) is 0 Å². The highest BCUT2D eigenvalue weighted by molar-refractivity contribution is 5.94. The van der Waals surface area contributed by atoms with Crippen molar-refractivity contribution in [2.75, 3.05) is 77.6 Å². The fourth-order valence-corrected chi connectivity index (χ4v) is 6.32. The maximum Gasteiger partial charge on any atom is 0.256 e. The number of para-hydroxylation sites is 1. The van der Waals surface area contributed by atoms with E-state index < -0.39 is 30.0 Å². The van der Waals surface area contributed by atoms with E-state index in [0.717, 1.165) is 26.2 Å². The van der Waals surface area contributed by atoms with Crippen molar-refractivity contribution in [1.82, 2.24) is 14.7 Å². The summed E-state index contributed by atoms with van der Waals surface area (Å²) < 4.78 is 26.1. The number of aliphatic hydroxyl groups is 2. The number of rotatable bonds is 7. The van der Waals surface area contributed by atoms with Crippen LogP contribution in [0, 0.1) is 11.7 Å². The van der Waals surface area contributed by atoms with Crippen LogP contribution >= 0.6 is 0 Å². The number of halogens is 1. The summed E-state index contributed by atoms with van der Waals surface area (Å²) in [6.07, 6.45) is -1.61. The largest absolute Gasteiger partial charge is 0.388 e. The quantitative estimate of drug-likeness (QED) is 0.475. The molecule has 46 heavy (non-hydrogen) atoms. The van der Waals surface area contributed by atoms with Crippen LogP contribution in [0.2, 0.25) is 0 Å². The number of anilines is 1. The molecule has 2 aromatic carbocycles. The zero-order valence-electron chi connectivity index (χ0n) is 27.5. The zero-order chi connectivity index (χ0) is 33.1. The van der Waals surface area contributed by atoms with Crippen molar-refractivity contribution in [3.8, 4) is 0 Å². The number of hydrogen-bond donors (Lipinski definition) is 2. The summed E-state index contributed by atoms with van der Waals surface area (Å²) in [5.74, 6) is -1.03. The Balaban J connectivity index is 1.59. The first-order valence-electron chi connectivity index (χ1n) is 16.5. The Hall–Kier alpha value is -3.09. The summed E-state index contributed by atoms with van der Waals surface area (Å²) >= 11 is 0. The molecule has 11 heteroatoms. The van der Waals surface area contributed by atoms with Gasteiger partial charge in [0.2, 0.25) is 5.91 Å². The second-order valence-corrected chi connectivity index (χ2v) is 12.8. The van der Waals surface area contributed by atoms with Crippen LogP contribution in [0.4, 0.5) is 10.1 Å². The highest BCUT2D eigenvalue weighted by Gasteiger charge is 2.35. The molecule has 2 N–H and O–H groups in total. The fraction of sp³-hybridized carbons (Fsp3) is 0.600. The van der Waals surface area contributed by atoms with Gasteiger partial charge < -0.3 is 34.4 Å². The zero-order valence-corrected chi connectivity index (χ0v) is 27.5. The highest BCUT2D eigenvalue weighted by Crippen LogP contribution is 2.21. The van der Waals surface area contributed by atoms with Gasteiger partial charge in [-0.05, 0) is 49.4 Å². The molecule has 0 aromatic heterocycles. The molecule has 0 radical (unpaired) electrons. The van der Waals surface area contributed by atoms with Crippen molar-refractivity contribution >= 4 is 17.5 Å². The minimum atomic E-state index is -1.35. The van der Waals surface area contributed by atoms with Gasteiger partial charge in [0.15, 0.2) is 0 Å². The van der Waals surface area contributed by atoms with Crippen molar-refractivity contribution in [1.29, 1.82) is 0 Å². The van der Waals surface area contributed by atoms with Gasteiger partial charge in [0.25, 0.3) is 5.91 Å². The topological polar surface area (TPSA) is 106 Å². The number of carbonyl (C=O) groups is 2. The minimum Gasteiger partial charge on any atom is -0.388 e. The fourth-order valence-electron chi connectivity index (χ4n) is 6.32. The van der Waals surface area contributed by atoms with E-state index in [4.69, 9.17) is 9.47 Å². The lowest BCUT2D eigenvalue weighted by Gasteiger charge is -2.40. The maximum atomic E-state index is 14.9. The van der Waals surface area contributed by atoms with Gasteiger partial charge in [0.05, 0.1) is 18.7 Å². The SMILES string of the molecule is CO[C@@H]1CN(C(=O)c2ccccc2F)C[C@@H](CC(C)C)N(C(=O)CN2CCN(c3ccccc3)CC2)CCCCOC[C@@H](O)[C@H]1O. The maximum absolute atomic E-state index is 14.9. The number of benzene rings is 2. The molecule has 2 saturated heterocycles. The van der Waals surface area contributed by atoms with Gasteiger partial charge in [-0.25, -0.2) is 4.39 Å². The third-order valence-electron chi connectivity index (χ3n) is 8.88. The Kier molecular flexibility index (Phi) is 13.8. The molecule has 2 amide bonds. The normalized spacial score (nSPS) is 24.5. The Morgan fingerprint density at radius 1 is 0.957 bits per heavy atom. The summed E-state index contributed by atoms with van der Waals surface area (Å²) in [5.41, 5.74) is 1.07. The molecule has 2 fully saturated rings. The first kappa shape index (κ1) is 35.8. The van der Waals surface area contributed by atoms with Gasteiger partial charge in [0, 0.05) is 71.3 Å². The van der Waals surface area contributed by atoms with Crippen LogP contribution in [0.3, 0.4) is 0 Å². The molecular formula is C35H51FN4O6. The monoisotopic (exact) mass is 642 g/mol. The molecule has 2 heterocycles.